The van der Waals surface area contributed by atoms with E-state index in [0.29, 0.717) is 12.0 Å². The quantitative estimate of drug-likeness (QED) is 0.287. The standard InChI is InChI=1S/C27H34F6O3/c1-16(6-4-13-25(36,26(28,29)30)27(31,32)33)21-10-11-22-18(7-5-12-24(21,22)3)8-9-19-14-20(34)15-23(35)17(19)2/h4,8-10,13,16,20,22-23,34-36H,2,5-7,11-12,14-15H2,1,3H3/b13-4+,18-8+,19-9-/t16-,20?,22?,23?,24-/m1/s1. The molecular weight excluding hydrogens is 486 g/mol. The molecule has 0 heterocycles. The lowest BCUT2D eigenvalue weighted by atomic mass is 9.62. The molecule has 3 aliphatic carbocycles. The summed E-state index contributed by atoms with van der Waals surface area (Å²) in [4.78, 5) is 0. The number of hydrogen-bond acceptors (Lipinski definition) is 3. The van der Waals surface area contributed by atoms with Crippen LogP contribution in [0.4, 0.5) is 26.3 Å². The Morgan fingerprint density at radius 3 is 2.39 bits per heavy atom. The molecule has 3 unspecified atom stereocenters. The van der Waals surface area contributed by atoms with Gasteiger partial charge in [0.25, 0.3) is 5.60 Å². The van der Waals surface area contributed by atoms with Crippen LogP contribution in [-0.4, -0.2) is 45.5 Å². The van der Waals surface area contributed by atoms with E-state index < -0.39 is 30.2 Å². The van der Waals surface area contributed by atoms with Crippen molar-refractivity contribution >= 4 is 0 Å². The van der Waals surface area contributed by atoms with Crippen LogP contribution in [0.1, 0.15) is 58.8 Å². The lowest BCUT2D eigenvalue weighted by molar-refractivity contribution is -0.347. The molecule has 2 saturated carbocycles. The van der Waals surface area contributed by atoms with Gasteiger partial charge in [-0.3, -0.25) is 0 Å². The molecule has 3 N–H and O–H groups in total. The summed E-state index contributed by atoms with van der Waals surface area (Å²) in [5, 5.41) is 29.4. The van der Waals surface area contributed by atoms with E-state index >= 15 is 0 Å². The summed E-state index contributed by atoms with van der Waals surface area (Å²) in [5.74, 6) is -0.151. The van der Waals surface area contributed by atoms with Crippen molar-refractivity contribution < 1.29 is 41.7 Å². The number of rotatable bonds is 5. The molecule has 0 spiro atoms. The zero-order valence-electron chi connectivity index (χ0n) is 20.5. The second kappa shape index (κ2) is 10.1. The highest BCUT2D eigenvalue weighted by Gasteiger charge is 2.68. The first kappa shape index (κ1) is 28.7. The maximum atomic E-state index is 12.9. The Morgan fingerprint density at radius 1 is 1.14 bits per heavy atom. The van der Waals surface area contributed by atoms with Crippen LogP contribution in [0.2, 0.25) is 0 Å². The van der Waals surface area contributed by atoms with E-state index in [-0.39, 0.29) is 36.2 Å². The smallest absolute Gasteiger partial charge is 0.393 e. The minimum absolute atomic E-state index is 0.0681. The normalized spacial score (nSPS) is 33.4. The number of fused-ring (bicyclic) bond motifs is 1. The van der Waals surface area contributed by atoms with E-state index in [1.54, 1.807) is 6.92 Å². The Labute approximate surface area is 207 Å². The van der Waals surface area contributed by atoms with Crippen molar-refractivity contribution in [2.75, 3.05) is 0 Å². The van der Waals surface area contributed by atoms with Crippen molar-refractivity contribution in [3.8, 4) is 0 Å². The molecule has 0 saturated heterocycles. The van der Waals surface area contributed by atoms with E-state index in [9.17, 15) is 41.7 Å². The van der Waals surface area contributed by atoms with Gasteiger partial charge in [-0.2, -0.15) is 26.3 Å². The van der Waals surface area contributed by atoms with Crippen molar-refractivity contribution in [2.24, 2.45) is 17.3 Å². The summed E-state index contributed by atoms with van der Waals surface area (Å²) < 4.78 is 77.7. The maximum absolute atomic E-state index is 12.9. The fraction of sp³-hybridized carbons (Fsp3) is 0.630. The highest BCUT2D eigenvalue weighted by molar-refractivity contribution is 5.40. The highest BCUT2D eigenvalue weighted by Crippen LogP contribution is 2.57. The second-order valence-electron chi connectivity index (χ2n) is 10.6. The Bertz CT molecular complexity index is 957. The molecule has 9 heteroatoms. The van der Waals surface area contributed by atoms with E-state index in [1.165, 1.54) is 5.57 Å². The fourth-order valence-corrected chi connectivity index (χ4v) is 6.00. The van der Waals surface area contributed by atoms with E-state index in [1.807, 2.05) is 18.2 Å². The van der Waals surface area contributed by atoms with Gasteiger partial charge in [0.05, 0.1) is 12.2 Å². The fourth-order valence-electron chi connectivity index (χ4n) is 6.00. The molecule has 0 aliphatic heterocycles. The third-order valence-corrected chi connectivity index (χ3v) is 8.12. The van der Waals surface area contributed by atoms with E-state index in [0.717, 1.165) is 42.9 Å². The Kier molecular flexibility index (Phi) is 8.09. The van der Waals surface area contributed by atoms with Gasteiger partial charge in [0.1, 0.15) is 0 Å². The summed E-state index contributed by atoms with van der Waals surface area (Å²) in [7, 11) is 0. The number of aliphatic hydroxyl groups is 3. The number of hydrogen-bond donors (Lipinski definition) is 3. The lowest BCUT2D eigenvalue weighted by Crippen LogP contribution is -2.55. The van der Waals surface area contributed by atoms with Crippen LogP contribution in [0.15, 0.2) is 59.3 Å². The summed E-state index contributed by atoms with van der Waals surface area (Å²) in [6, 6.07) is 0. The Balaban J connectivity index is 1.76. The zero-order chi connectivity index (χ0) is 27.1. The van der Waals surface area contributed by atoms with Crippen molar-refractivity contribution in [1.82, 2.24) is 0 Å². The van der Waals surface area contributed by atoms with Crippen LogP contribution in [-0.2, 0) is 0 Å². The monoisotopic (exact) mass is 520 g/mol. The minimum atomic E-state index is -5.87. The predicted molar refractivity (Wildman–Crippen MR) is 125 cm³/mol. The van der Waals surface area contributed by atoms with Gasteiger partial charge in [0, 0.05) is 6.42 Å². The lowest BCUT2D eigenvalue weighted by Gasteiger charge is -2.42. The molecule has 0 aromatic heterocycles. The summed E-state index contributed by atoms with van der Waals surface area (Å²) in [6.07, 6.45) is -2.69. The molecule has 3 nitrogen and oxygen atoms in total. The number of alkyl halides is 6. The molecular formula is C27H34F6O3. The SMILES string of the molecule is C=C1/C(=C\C=C2/CCC[C@]3(C)C([C@H](C)C/C=C/C(O)(C(F)(F)F)C(F)(F)F)=CCC23)CC(O)CC1O. The first-order valence-electron chi connectivity index (χ1n) is 12.2. The van der Waals surface area contributed by atoms with Crippen LogP contribution in [0.3, 0.4) is 0 Å². The van der Waals surface area contributed by atoms with E-state index in [4.69, 9.17) is 0 Å². The minimum Gasteiger partial charge on any atom is -0.393 e. The average Bonchev–Trinajstić information content (AvgIpc) is 3.11. The maximum Gasteiger partial charge on any atom is 0.429 e. The van der Waals surface area contributed by atoms with Gasteiger partial charge in [0.2, 0.25) is 0 Å². The van der Waals surface area contributed by atoms with Gasteiger partial charge in [0.15, 0.2) is 0 Å². The molecule has 0 amide bonds. The van der Waals surface area contributed by atoms with Gasteiger partial charge in [-0.15, -0.1) is 0 Å². The molecule has 3 aliphatic rings. The highest BCUT2D eigenvalue weighted by atomic mass is 19.4. The zero-order valence-corrected chi connectivity index (χ0v) is 20.5. The Morgan fingerprint density at radius 2 is 1.78 bits per heavy atom. The molecule has 2 fully saturated rings. The molecule has 5 atom stereocenters. The third kappa shape index (κ3) is 5.38. The number of halogens is 6. The van der Waals surface area contributed by atoms with Crippen LogP contribution in [0.25, 0.3) is 0 Å². The molecule has 202 valence electrons. The van der Waals surface area contributed by atoms with Crippen LogP contribution in [0, 0.1) is 17.3 Å². The summed E-state index contributed by atoms with van der Waals surface area (Å²) in [5.41, 5.74) is -1.56. The van der Waals surface area contributed by atoms with Crippen molar-refractivity contribution in [3.63, 3.8) is 0 Å². The second-order valence-corrected chi connectivity index (χ2v) is 10.6. The number of aliphatic hydroxyl groups excluding tert-OH is 2. The van der Waals surface area contributed by atoms with Gasteiger partial charge >= 0.3 is 12.4 Å². The first-order chi connectivity index (χ1) is 16.5. The van der Waals surface area contributed by atoms with E-state index in [2.05, 4.69) is 13.5 Å². The summed E-state index contributed by atoms with van der Waals surface area (Å²) >= 11 is 0. The van der Waals surface area contributed by atoms with Gasteiger partial charge in [-0.1, -0.05) is 55.9 Å². The molecule has 0 bridgehead atoms. The van der Waals surface area contributed by atoms with Gasteiger partial charge in [-0.25, -0.2) is 0 Å². The van der Waals surface area contributed by atoms with Crippen molar-refractivity contribution in [2.45, 2.75) is 89.0 Å². The molecule has 0 aromatic rings. The van der Waals surface area contributed by atoms with Crippen molar-refractivity contribution in [3.05, 3.63) is 59.3 Å². The molecule has 0 aromatic carbocycles. The topological polar surface area (TPSA) is 60.7 Å². The average molecular weight is 521 g/mol. The van der Waals surface area contributed by atoms with Crippen molar-refractivity contribution in [1.29, 1.82) is 0 Å². The number of allylic oxidation sites excluding steroid dienone is 6. The molecule has 0 radical (unpaired) electrons. The molecule has 3 rings (SSSR count). The Hall–Kier alpha value is -1.84. The van der Waals surface area contributed by atoms with Crippen LogP contribution < -0.4 is 0 Å². The van der Waals surface area contributed by atoms with Crippen LogP contribution in [0.5, 0.6) is 0 Å². The largest absolute Gasteiger partial charge is 0.429 e. The first-order valence-corrected chi connectivity index (χ1v) is 12.2. The van der Waals surface area contributed by atoms with Gasteiger partial charge < -0.3 is 15.3 Å². The van der Waals surface area contributed by atoms with Gasteiger partial charge in [-0.05, 0) is 73.0 Å². The predicted octanol–water partition coefficient (Wildman–Crippen LogP) is 6.49. The van der Waals surface area contributed by atoms with Crippen LogP contribution >= 0.6 is 0 Å². The third-order valence-electron chi connectivity index (χ3n) is 8.12. The summed E-state index contributed by atoms with van der Waals surface area (Å²) in [6.45, 7) is 7.80. The molecule has 36 heavy (non-hydrogen) atoms.